The lowest BCUT2D eigenvalue weighted by atomic mass is 10.3. The largest absolute Gasteiger partial charge is 0.480 e. The summed E-state index contributed by atoms with van der Waals surface area (Å²) in [5, 5.41) is 11.3. The molecule has 0 heterocycles. The van der Waals surface area contributed by atoms with Crippen LogP contribution < -0.4 is 5.32 Å². The van der Waals surface area contributed by atoms with Gasteiger partial charge in [-0.3, -0.25) is 4.79 Å². The Labute approximate surface area is 123 Å². The van der Waals surface area contributed by atoms with Crippen LogP contribution in [0.15, 0.2) is 18.2 Å². The number of carbonyl (C=O) groups is 2. The number of benzene rings is 1. The SMILES string of the molecule is CC(C)N(CC(=O)O)C(=O)Nc1ccc(F)cc1I. The van der Waals surface area contributed by atoms with E-state index < -0.39 is 17.8 Å². The molecule has 2 amide bonds. The Morgan fingerprint density at radius 3 is 2.58 bits per heavy atom. The van der Waals surface area contributed by atoms with Gasteiger partial charge in [-0.1, -0.05) is 0 Å². The minimum atomic E-state index is -1.09. The van der Waals surface area contributed by atoms with Crippen LogP contribution in [0.1, 0.15) is 13.8 Å². The van der Waals surface area contributed by atoms with Crippen LogP contribution in [0.4, 0.5) is 14.9 Å². The number of hydrogen-bond donors (Lipinski definition) is 2. The smallest absolute Gasteiger partial charge is 0.323 e. The normalized spacial score (nSPS) is 10.4. The lowest BCUT2D eigenvalue weighted by molar-refractivity contribution is -0.137. The standard InChI is InChI=1S/C12H14FIN2O3/c1-7(2)16(6-11(17)18)12(19)15-10-4-3-8(13)5-9(10)14/h3-5,7H,6H2,1-2H3,(H,15,19)(H,17,18). The number of nitrogens with zero attached hydrogens (tertiary/aromatic N) is 1. The van der Waals surface area contributed by atoms with Crippen molar-refractivity contribution >= 4 is 40.3 Å². The van der Waals surface area contributed by atoms with E-state index in [0.717, 1.165) is 0 Å². The van der Waals surface area contributed by atoms with Crippen molar-refractivity contribution in [1.82, 2.24) is 4.90 Å². The third-order valence-corrected chi connectivity index (χ3v) is 3.26. The van der Waals surface area contributed by atoms with Gasteiger partial charge in [-0.15, -0.1) is 0 Å². The molecule has 0 saturated carbocycles. The number of urea groups is 1. The van der Waals surface area contributed by atoms with Gasteiger partial charge in [0.05, 0.1) is 5.69 Å². The predicted molar refractivity (Wildman–Crippen MR) is 77.6 cm³/mol. The summed E-state index contributed by atoms with van der Waals surface area (Å²) >= 11 is 1.90. The molecule has 0 atom stereocenters. The second kappa shape index (κ2) is 6.69. The average Bonchev–Trinajstić information content (AvgIpc) is 2.29. The molecule has 0 bridgehead atoms. The van der Waals surface area contributed by atoms with E-state index in [0.29, 0.717) is 9.26 Å². The zero-order valence-corrected chi connectivity index (χ0v) is 12.6. The van der Waals surface area contributed by atoms with Gasteiger partial charge in [-0.05, 0) is 54.6 Å². The molecule has 5 nitrogen and oxygen atoms in total. The summed E-state index contributed by atoms with van der Waals surface area (Å²) in [6, 6.07) is 3.17. The molecule has 0 aliphatic heterocycles. The molecule has 0 aliphatic rings. The first-order chi connectivity index (χ1) is 8.81. The van der Waals surface area contributed by atoms with E-state index >= 15 is 0 Å². The van der Waals surface area contributed by atoms with E-state index in [1.807, 2.05) is 22.6 Å². The second-order valence-electron chi connectivity index (χ2n) is 4.17. The summed E-state index contributed by atoms with van der Waals surface area (Å²) in [6.07, 6.45) is 0. The first kappa shape index (κ1) is 15.7. The third-order valence-electron chi connectivity index (χ3n) is 2.36. The first-order valence-corrected chi connectivity index (χ1v) is 6.63. The van der Waals surface area contributed by atoms with Gasteiger partial charge >= 0.3 is 12.0 Å². The molecule has 2 N–H and O–H groups in total. The van der Waals surface area contributed by atoms with Crippen molar-refractivity contribution in [1.29, 1.82) is 0 Å². The highest BCUT2D eigenvalue weighted by Gasteiger charge is 2.20. The number of halogens is 2. The van der Waals surface area contributed by atoms with Gasteiger partial charge in [0.1, 0.15) is 12.4 Å². The number of carbonyl (C=O) groups excluding carboxylic acids is 1. The lowest BCUT2D eigenvalue weighted by Crippen LogP contribution is -2.43. The van der Waals surface area contributed by atoms with Crippen LogP contribution in [0, 0.1) is 9.39 Å². The summed E-state index contributed by atoms with van der Waals surface area (Å²) in [6.45, 7) is 3.05. The van der Waals surface area contributed by atoms with Crippen molar-refractivity contribution in [2.45, 2.75) is 19.9 Å². The molecular formula is C12H14FIN2O3. The van der Waals surface area contributed by atoms with Gasteiger partial charge in [-0.2, -0.15) is 0 Å². The molecule has 104 valence electrons. The highest BCUT2D eigenvalue weighted by molar-refractivity contribution is 14.1. The van der Waals surface area contributed by atoms with Crippen molar-refractivity contribution in [3.05, 3.63) is 27.6 Å². The summed E-state index contributed by atoms with van der Waals surface area (Å²) in [4.78, 5) is 23.9. The van der Waals surface area contributed by atoms with E-state index in [9.17, 15) is 14.0 Å². The number of rotatable bonds is 4. The number of hydrogen-bond acceptors (Lipinski definition) is 2. The highest BCUT2D eigenvalue weighted by atomic mass is 127. The van der Waals surface area contributed by atoms with Crippen LogP contribution in [0.5, 0.6) is 0 Å². The fraction of sp³-hybridized carbons (Fsp3) is 0.333. The lowest BCUT2D eigenvalue weighted by Gasteiger charge is -2.25. The summed E-state index contributed by atoms with van der Waals surface area (Å²) < 4.78 is 13.5. The molecule has 0 saturated heterocycles. The minimum absolute atomic E-state index is 0.255. The Bertz CT molecular complexity index is 494. The van der Waals surface area contributed by atoms with Crippen LogP contribution in [0.3, 0.4) is 0 Å². The minimum Gasteiger partial charge on any atom is -0.480 e. The molecule has 1 aromatic carbocycles. The fourth-order valence-electron chi connectivity index (χ4n) is 1.41. The monoisotopic (exact) mass is 380 g/mol. The number of amides is 2. The van der Waals surface area contributed by atoms with Gasteiger partial charge in [0.2, 0.25) is 0 Å². The van der Waals surface area contributed by atoms with Crippen molar-refractivity contribution < 1.29 is 19.1 Å². The number of carboxylic acid groups (broad SMARTS) is 1. The summed E-state index contributed by atoms with van der Waals surface area (Å²) in [7, 11) is 0. The molecule has 7 heteroatoms. The first-order valence-electron chi connectivity index (χ1n) is 5.55. The number of carboxylic acids is 1. The maximum absolute atomic E-state index is 12.9. The van der Waals surface area contributed by atoms with Crippen LogP contribution in [-0.2, 0) is 4.79 Å². The van der Waals surface area contributed by atoms with Crippen LogP contribution in [0.25, 0.3) is 0 Å². The second-order valence-corrected chi connectivity index (χ2v) is 5.33. The number of nitrogens with one attached hydrogen (secondary N) is 1. The van der Waals surface area contributed by atoms with Gasteiger partial charge < -0.3 is 15.3 Å². The maximum Gasteiger partial charge on any atom is 0.323 e. The van der Waals surface area contributed by atoms with Crippen molar-refractivity contribution in [3.63, 3.8) is 0 Å². The molecule has 0 unspecified atom stereocenters. The van der Waals surface area contributed by atoms with Crippen LogP contribution in [0.2, 0.25) is 0 Å². The van der Waals surface area contributed by atoms with Crippen molar-refractivity contribution in [2.75, 3.05) is 11.9 Å². The predicted octanol–water partition coefficient (Wildman–Crippen LogP) is 2.76. The molecule has 0 aliphatic carbocycles. The van der Waals surface area contributed by atoms with E-state index in [2.05, 4.69) is 5.32 Å². The Morgan fingerprint density at radius 2 is 2.11 bits per heavy atom. The van der Waals surface area contributed by atoms with Gasteiger partial charge in [0.15, 0.2) is 0 Å². The molecule has 0 spiro atoms. The third kappa shape index (κ3) is 4.66. The molecule has 0 aromatic heterocycles. The molecular weight excluding hydrogens is 366 g/mol. The quantitative estimate of drug-likeness (QED) is 0.790. The summed E-state index contributed by atoms with van der Waals surface area (Å²) in [5.41, 5.74) is 0.447. The van der Waals surface area contributed by atoms with Crippen LogP contribution in [-0.4, -0.2) is 34.6 Å². The van der Waals surface area contributed by atoms with Gasteiger partial charge in [0.25, 0.3) is 0 Å². The maximum atomic E-state index is 12.9. The molecule has 1 aromatic rings. The van der Waals surface area contributed by atoms with E-state index in [1.165, 1.54) is 23.1 Å². The molecule has 1 rings (SSSR count). The van der Waals surface area contributed by atoms with Crippen LogP contribution >= 0.6 is 22.6 Å². The Balaban J connectivity index is 2.84. The van der Waals surface area contributed by atoms with E-state index in [1.54, 1.807) is 13.8 Å². The van der Waals surface area contributed by atoms with E-state index in [4.69, 9.17) is 5.11 Å². The highest BCUT2D eigenvalue weighted by Crippen LogP contribution is 2.19. The number of aliphatic carboxylic acids is 1. The zero-order valence-electron chi connectivity index (χ0n) is 10.5. The topological polar surface area (TPSA) is 69.6 Å². The number of anilines is 1. The Hall–Kier alpha value is -1.38. The zero-order chi connectivity index (χ0) is 14.6. The summed E-state index contributed by atoms with van der Waals surface area (Å²) in [5.74, 6) is -1.48. The van der Waals surface area contributed by atoms with Gasteiger partial charge in [-0.25, -0.2) is 9.18 Å². The Kier molecular flexibility index (Phi) is 5.52. The average molecular weight is 380 g/mol. The molecule has 0 radical (unpaired) electrons. The van der Waals surface area contributed by atoms with E-state index in [-0.39, 0.29) is 12.6 Å². The van der Waals surface area contributed by atoms with Crippen molar-refractivity contribution in [2.24, 2.45) is 0 Å². The molecule has 19 heavy (non-hydrogen) atoms. The van der Waals surface area contributed by atoms with Crippen molar-refractivity contribution in [3.8, 4) is 0 Å². The molecule has 0 fully saturated rings. The van der Waals surface area contributed by atoms with Gasteiger partial charge in [0, 0.05) is 9.61 Å². The Morgan fingerprint density at radius 1 is 1.47 bits per heavy atom. The fourth-order valence-corrected chi connectivity index (χ4v) is 2.02.